The van der Waals surface area contributed by atoms with Gasteiger partial charge in [-0.25, -0.2) is 4.39 Å². The van der Waals surface area contributed by atoms with E-state index in [0.717, 1.165) is 18.9 Å². The summed E-state index contributed by atoms with van der Waals surface area (Å²) in [6, 6.07) is 5.98. The van der Waals surface area contributed by atoms with Crippen LogP contribution in [0.2, 0.25) is 0 Å². The number of benzene rings is 1. The number of carbonyl (C=O) groups excluding carboxylic acids is 1. The Morgan fingerprint density at radius 1 is 1.36 bits per heavy atom. The second-order valence-corrected chi connectivity index (χ2v) is 6.14. The molecule has 7 heteroatoms. The molecule has 1 aromatic rings. The molecule has 1 heterocycles. The lowest BCUT2D eigenvalue weighted by Gasteiger charge is -2.21. The van der Waals surface area contributed by atoms with Crippen molar-refractivity contribution in [3.63, 3.8) is 0 Å². The molecule has 1 N–H and O–H groups in total. The number of guanidine groups is 1. The lowest BCUT2D eigenvalue weighted by molar-refractivity contribution is -0.145. The van der Waals surface area contributed by atoms with Crippen molar-refractivity contribution in [3.8, 4) is 5.75 Å². The van der Waals surface area contributed by atoms with Crippen LogP contribution in [-0.2, 0) is 9.53 Å². The number of hydrogen-bond donors (Lipinski definition) is 1. The molecule has 0 bridgehead atoms. The van der Waals surface area contributed by atoms with Gasteiger partial charge in [0.1, 0.15) is 11.6 Å². The molecule has 2 unspecified atom stereocenters. The van der Waals surface area contributed by atoms with Crippen molar-refractivity contribution in [1.82, 2.24) is 10.2 Å². The SMILES string of the molecule is CN=C(NCCCOc1ccc(F)cc1)N1CC(C)C(C(=O)OC)C1. The minimum Gasteiger partial charge on any atom is -0.494 e. The van der Waals surface area contributed by atoms with Gasteiger partial charge in [-0.15, -0.1) is 0 Å². The Labute approximate surface area is 148 Å². The number of methoxy groups -OCH3 is 1. The van der Waals surface area contributed by atoms with Crippen LogP contribution in [0, 0.1) is 17.7 Å². The zero-order valence-electron chi connectivity index (χ0n) is 15.0. The average molecular weight is 351 g/mol. The van der Waals surface area contributed by atoms with Crippen LogP contribution in [0.1, 0.15) is 13.3 Å². The standard InChI is InChI=1S/C18H26FN3O3/c1-13-11-22(12-16(13)17(23)24-3)18(20-2)21-9-4-10-25-15-7-5-14(19)6-8-15/h5-8,13,16H,4,9-12H2,1-3H3,(H,20,21). The van der Waals surface area contributed by atoms with Gasteiger partial charge in [0.2, 0.25) is 0 Å². The first-order valence-electron chi connectivity index (χ1n) is 8.47. The van der Waals surface area contributed by atoms with E-state index in [1.165, 1.54) is 19.2 Å². The summed E-state index contributed by atoms with van der Waals surface area (Å²) < 4.78 is 23.2. The molecule has 6 nitrogen and oxygen atoms in total. The first-order valence-corrected chi connectivity index (χ1v) is 8.47. The van der Waals surface area contributed by atoms with E-state index in [1.807, 2.05) is 6.92 Å². The van der Waals surface area contributed by atoms with Crippen molar-refractivity contribution >= 4 is 11.9 Å². The van der Waals surface area contributed by atoms with Crippen LogP contribution in [0.15, 0.2) is 29.3 Å². The summed E-state index contributed by atoms with van der Waals surface area (Å²) in [4.78, 5) is 18.1. The molecule has 1 saturated heterocycles. The molecule has 1 aliphatic heterocycles. The second kappa shape index (κ2) is 9.25. The summed E-state index contributed by atoms with van der Waals surface area (Å²) in [5, 5.41) is 3.29. The van der Waals surface area contributed by atoms with Crippen molar-refractivity contribution in [2.45, 2.75) is 13.3 Å². The normalized spacial score (nSPS) is 20.5. The minimum atomic E-state index is -0.275. The van der Waals surface area contributed by atoms with Gasteiger partial charge in [0.05, 0.1) is 19.6 Å². The predicted molar refractivity (Wildman–Crippen MR) is 94.1 cm³/mol. The molecule has 0 aromatic heterocycles. The monoisotopic (exact) mass is 351 g/mol. The zero-order valence-corrected chi connectivity index (χ0v) is 15.0. The molecular formula is C18H26FN3O3. The van der Waals surface area contributed by atoms with Gasteiger partial charge in [0.25, 0.3) is 0 Å². The highest BCUT2D eigenvalue weighted by atomic mass is 19.1. The molecule has 0 amide bonds. The molecule has 1 aliphatic rings. The van der Waals surface area contributed by atoms with E-state index >= 15 is 0 Å². The van der Waals surface area contributed by atoms with E-state index in [-0.39, 0.29) is 23.6 Å². The van der Waals surface area contributed by atoms with Crippen LogP contribution >= 0.6 is 0 Å². The molecule has 0 saturated carbocycles. The van der Waals surface area contributed by atoms with Crippen LogP contribution in [0.4, 0.5) is 4.39 Å². The van der Waals surface area contributed by atoms with Gasteiger partial charge >= 0.3 is 5.97 Å². The molecule has 2 atom stereocenters. The first kappa shape index (κ1) is 19.0. The van der Waals surface area contributed by atoms with Crippen LogP contribution < -0.4 is 10.1 Å². The number of esters is 1. The number of nitrogens with zero attached hydrogens (tertiary/aromatic N) is 2. The lowest BCUT2D eigenvalue weighted by Crippen LogP contribution is -2.41. The van der Waals surface area contributed by atoms with Crippen molar-refractivity contribution in [1.29, 1.82) is 0 Å². The Kier molecular flexibility index (Phi) is 7.03. The van der Waals surface area contributed by atoms with E-state index in [1.54, 1.807) is 19.2 Å². The maximum absolute atomic E-state index is 12.8. The zero-order chi connectivity index (χ0) is 18.2. The molecule has 1 aromatic carbocycles. The molecular weight excluding hydrogens is 325 g/mol. The van der Waals surface area contributed by atoms with Crippen LogP contribution in [-0.4, -0.2) is 57.2 Å². The molecule has 0 spiro atoms. The molecule has 25 heavy (non-hydrogen) atoms. The molecule has 0 radical (unpaired) electrons. The van der Waals surface area contributed by atoms with Crippen LogP contribution in [0.5, 0.6) is 5.75 Å². The summed E-state index contributed by atoms with van der Waals surface area (Å²) >= 11 is 0. The topological polar surface area (TPSA) is 63.2 Å². The number of aliphatic imine (C=N–C) groups is 1. The molecule has 0 aliphatic carbocycles. The molecule has 2 rings (SSSR count). The number of likely N-dealkylation sites (tertiary alicyclic amines) is 1. The predicted octanol–water partition coefficient (Wildman–Crippen LogP) is 1.91. The Morgan fingerprint density at radius 2 is 2.08 bits per heavy atom. The maximum atomic E-state index is 12.8. The Balaban J connectivity index is 1.72. The lowest BCUT2D eigenvalue weighted by atomic mass is 9.99. The van der Waals surface area contributed by atoms with Gasteiger partial charge in [-0.1, -0.05) is 6.92 Å². The van der Waals surface area contributed by atoms with Crippen molar-refractivity contribution in [2.75, 3.05) is 40.4 Å². The van der Waals surface area contributed by atoms with Crippen molar-refractivity contribution in [3.05, 3.63) is 30.1 Å². The largest absolute Gasteiger partial charge is 0.494 e. The Morgan fingerprint density at radius 3 is 2.72 bits per heavy atom. The number of hydrogen-bond acceptors (Lipinski definition) is 4. The van der Waals surface area contributed by atoms with Gasteiger partial charge in [0.15, 0.2) is 5.96 Å². The summed E-state index contributed by atoms with van der Waals surface area (Å²) in [7, 11) is 3.15. The maximum Gasteiger partial charge on any atom is 0.310 e. The second-order valence-electron chi connectivity index (χ2n) is 6.14. The van der Waals surface area contributed by atoms with Gasteiger partial charge in [-0.2, -0.15) is 0 Å². The van der Waals surface area contributed by atoms with Crippen molar-refractivity contribution < 1.29 is 18.7 Å². The number of ether oxygens (including phenoxy) is 2. The third-order valence-corrected chi connectivity index (χ3v) is 4.31. The van der Waals surface area contributed by atoms with E-state index < -0.39 is 0 Å². The molecule has 1 fully saturated rings. The van der Waals surface area contributed by atoms with E-state index in [2.05, 4.69) is 15.2 Å². The quantitative estimate of drug-likeness (QED) is 0.367. The van der Waals surface area contributed by atoms with Gasteiger partial charge in [-0.05, 0) is 36.6 Å². The summed E-state index contributed by atoms with van der Waals surface area (Å²) in [5.41, 5.74) is 0. The van der Waals surface area contributed by atoms with E-state index in [4.69, 9.17) is 9.47 Å². The number of halogens is 1. The fourth-order valence-corrected chi connectivity index (χ4v) is 2.92. The van der Waals surface area contributed by atoms with Gasteiger partial charge in [-0.3, -0.25) is 9.79 Å². The smallest absolute Gasteiger partial charge is 0.310 e. The fraction of sp³-hybridized carbons (Fsp3) is 0.556. The highest BCUT2D eigenvalue weighted by Gasteiger charge is 2.36. The Bertz CT molecular complexity index is 592. The van der Waals surface area contributed by atoms with Crippen LogP contribution in [0.3, 0.4) is 0 Å². The van der Waals surface area contributed by atoms with Crippen LogP contribution in [0.25, 0.3) is 0 Å². The molecule has 138 valence electrons. The fourth-order valence-electron chi connectivity index (χ4n) is 2.92. The summed E-state index contributed by atoms with van der Waals surface area (Å²) in [5.74, 6) is 1.10. The van der Waals surface area contributed by atoms with E-state index in [0.29, 0.717) is 25.4 Å². The number of nitrogens with one attached hydrogen (secondary N) is 1. The van der Waals surface area contributed by atoms with E-state index in [9.17, 15) is 9.18 Å². The third-order valence-electron chi connectivity index (χ3n) is 4.31. The number of carbonyl (C=O) groups is 1. The van der Waals surface area contributed by atoms with Gasteiger partial charge in [0, 0.05) is 26.7 Å². The number of rotatable bonds is 6. The average Bonchev–Trinajstić information content (AvgIpc) is 3.00. The minimum absolute atomic E-state index is 0.120. The summed E-state index contributed by atoms with van der Waals surface area (Å²) in [6.45, 7) is 4.65. The van der Waals surface area contributed by atoms with Crippen molar-refractivity contribution in [2.24, 2.45) is 16.8 Å². The Hall–Kier alpha value is -2.31. The first-order chi connectivity index (χ1) is 12.0. The highest BCUT2D eigenvalue weighted by molar-refractivity contribution is 5.82. The van der Waals surface area contributed by atoms with Gasteiger partial charge < -0.3 is 19.7 Å². The summed E-state index contributed by atoms with van der Waals surface area (Å²) in [6.07, 6.45) is 0.778. The highest BCUT2D eigenvalue weighted by Crippen LogP contribution is 2.24. The third kappa shape index (κ3) is 5.34.